The molecule has 24 heavy (non-hydrogen) atoms. The highest BCUT2D eigenvalue weighted by atomic mass is 16.5. The van der Waals surface area contributed by atoms with Crippen LogP contribution in [-0.4, -0.2) is 24.7 Å². The predicted octanol–water partition coefficient (Wildman–Crippen LogP) is 3.27. The summed E-state index contributed by atoms with van der Waals surface area (Å²) in [6.07, 6.45) is 1.60. The number of amides is 1. The van der Waals surface area contributed by atoms with E-state index in [1.165, 1.54) is 0 Å². The van der Waals surface area contributed by atoms with Crippen molar-refractivity contribution >= 4 is 11.6 Å². The smallest absolute Gasteiger partial charge is 0.227 e. The molecule has 1 aliphatic rings. The van der Waals surface area contributed by atoms with Gasteiger partial charge in [0.15, 0.2) is 0 Å². The summed E-state index contributed by atoms with van der Waals surface area (Å²) in [6.45, 7) is 2.34. The van der Waals surface area contributed by atoms with Crippen molar-refractivity contribution in [2.24, 2.45) is 0 Å². The van der Waals surface area contributed by atoms with Gasteiger partial charge in [0.25, 0.3) is 0 Å². The van der Waals surface area contributed by atoms with E-state index < -0.39 is 5.60 Å². The number of aryl methyl sites for hydroxylation is 1. The number of aliphatic hydroxyl groups is 1. The second kappa shape index (κ2) is 6.65. The zero-order valence-electron chi connectivity index (χ0n) is 14.2. The number of anilines is 1. The summed E-state index contributed by atoms with van der Waals surface area (Å²) < 4.78 is 5.35. The number of fused-ring (bicyclic) bond motifs is 1. The highest BCUT2D eigenvalue weighted by Crippen LogP contribution is 2.38. The second-order valence-electron chi connectivity index (χ2n) is 6.40. The molecule has 0 spiro atoms. The highest BCUT2D eigenvalue weighted by molar-refractivity contribution is 5.95. The molecular weight excluding hydrogens is 302 g/mol. The third-order valence-corrected chi connectivity index (χ3v) is 4.70. The third-order valence-electron chi connectivity index (χ3n) is 4.70. The van der Waals surface area contributed by atoms with Crippen molar-refractivity contribution < 1.29 is 14.6 Å². The quantitative estimate of drug-likeness (QED) is 0.938. The zero-order chi connectivity index (χ0) is 17.2. The maximum Gasteiger partial charge on any atom is 0.227 e. The molecule has 2 aromatic rings. The number of methoxy groups -OCH3 is 1. The van der Waals surface area contributed by atoms with Gasteiger partial charge in [-0.1, -0.05) is 36.4 Å². The average molecular weight is 325 g/mol. The van der Waals surface area contributed by atoms with Crippen LogP contribution in [0.1, 0.15) is 30.9 Å². The van der Waals surface area contributed by atoms with E-state index in [-0.39, 0.29) is 5.91 Å². The van der Waals surface area contributed by atoms with Crippen LogP contribution in [0.25, 0.3) is 0 Å². The lowest BCUT2D eigenvalue weighted by atomic mass is 9.87. The second-order valence-corrected chi connectivity index (χ2v) is 6.40. The van der Waals surface area contributed by atoms with Crippen molar-refractivity contribution in [2.45, 2.75) is 31.8 Å². The first kappa shape index (κ1) is 16.5. The molecule has 1 amide bonds. The van der Waals surface area contributed by atoms with Gasteiger partial charge in [-0.25, -0.2) is 0 Å². The summed E-state index contributed by atoms with van der Waals surface area (Å²) in [5.74, 6) is 0.885. The fourth-order valence-corrected chi connectivity index (χ4v) is 3.29. The van der Waals surface area contributed by atoms with Gasteiger partial charge in [-0.05, 0) is 37.5 Å². The maximum atomic E-state index is 12.7. The van der Waals surface area contributed by atoms with Gasteiger partial charge in [0, 0.05) is 24.2 Å². The Bertz CT molecular complexity index is 739. The number of nitrogens with zero attached hydrogens (tertiary/aromatic N) is 1. The Hall–Kier alpha value is -2.33. The minimum atomic E-state index is -0.879. The summed E-state index contributed by atoms with van der Waals surface area (Å²) in [5.41, 5.74) is 1.79. The number of ether oxygens (including phenoxy) is 1. The maximum absolute atomic E-state index is 12.7. The summed E-state index contributed by atoms with van der Waals surface area (Å²) in [4.78, 5) is 14.5. The van der Waals surface area contributed by atoms with E-state index in [9.17, 15) is 9.90 Å². The molecule has 126 valence electrons. The summed E-state index contributed by atoms with van der Waals surface area (Å²) in [7, 11) is 1.64. The molecule has 1 N–H and O–H groups in total. The number of carbonyl (C=O) groups excluding carboxylic acids is 1. The van der Waals surface area contributed by atoms with Gasteiger partial charge in [0.05, 0.1) is 12.7 Å². The van der Waals surface area contributed by atoms with Gasteiger partial charge in [-0.15, -0.1) is 0 Å². The van der Waals surface area contributed by atoms with Crippen LogP contribution in [0.3, 0.4) is 0 Å². The minimum absolute atomic E-state index is 0.0730. The molecule has 3 rings (SSSR count). The van der Waals surface area contributed by atoms with Gasteiger partial charge >= 0.3 is 0 Å². The minimum Gasteiger partial charge on any atom is -0.496 e. The van der Waals surface area contributed by atoms with Crippen LogP contribution in [0.15, 0.2) is 48.5 Å². The van der Waals surface area contributed by atoms with Gasteiger partial charge in [-0.3, -0.25) is 4.79 Å². The molecule has 4 heteroatoms. The molecule has 2 aromatic carbocycles. The number of para-hydroxylation sites is 2. The molecule has 1 unspecified atom stereocenters. The predicted molar refractivity (Wildman–Crippen MR) is 94.3 cm³/mol. The van der Waals surface area contributed by atoms with Crippen LogP contribution >= 0.6 is 0 Å². The van der Waals surface area contributed by atoms with Crippen molar-refractivity contribution in [2.75, 3.05) is 18.6 Å². The van der Waals surface area contributed by atoms with E-state index in [0.717, 1.165) is 22.6 Å². The first-order valence-corrected chi connectivity index (χ1v) is 8.27. The summed E-state index contributed by atoms with van der Waals surface area (Å²) >= 11 is 0. The van der Waals surface area contributed by atoms with Crippen molar-refractivity contribution in [3.05, 3.63) is 59.7 Å². The average Bonchev–Trinajstić information content (AvgIpc) is 2.60. The highest BCUT2D eigenvalue weighted by Gasteiger charge is 2.34. The van der Waals surface area contributed by atoms with Crippen LogP contribution in [-0.2, 0) is 16.8 Å². The van der Waals surface area contributed by atoms with Gasteiger partial charge < -0.3 is 14.7 Å². The monoisotopic (exact) mass is 325 g/mol. The molecule has 4 nitrogen and oxygen atoms in total. The molecular formula is C20H23NO3. The first-order chi connectivity index (χ1) is 11.5. The molecule has 1 heterocycles. The fourth-order valence-electron chi connectivity index (χ4n) is 3.29. The largest absolute Gasteiger partial charge is 0.496 e. The fraction of sp³-hybridized carbons (Fsp3) is 0.350. The van der Waals surface area contributed by atoms with Crippen LogP contribution in [0.2, 0.25) is 0 Å². The summed E-state index contributed by atoms with van der Waals surface area (Å²) in [6, 6.07) is 15.4. The normalized spacial score (nSPS) is 19.7. The van der Waals surface area contributed by atoms with Crippen LogP contribution in [0, 0.1) is 0 Å². The Labute approximate surface area is 142 Å². The van der Waals surface area contributed by atoms with E-state index in [1.807, 2.05) is 55.5 Å². The van der Waals surface area contributed by atoms with Crippen LogP contribution in [0.4, 0.5) is 5.69 Å². The van der Waals surface area contributed by atoms with Crippen molar-refractivity contribution in [3.63, 3.8) is 0 Å². The molecule has 0 bridgehead atoms. The number of hydrogen-bond donors (Lipinski definition) is 1. The molecule has 0 fully saturated rings. The molecule has 0 saturated heterocycles. The lowest BCUT2D eigenvalue weighted by molar-refractivity contribution is -0.119. The van der Waals surface area contributed by atoms with Crippen LogP contribution in [0.5, 0.6) is 5.75 Å². The number of carbonyl (C=O) groups is 1. The van der Waals surface area contributed by atoms with Crippen molar-refractivity contribution in [1.82, 2.24) is 0 Å². The standard InChI is InChI=1S/C20H23NO3/c1-20(23)13-14-21(17-9-5-4-8-16(17)20)19(22)12-11-15-7-3-6-10-18(15)24-2/h3-10,23H,11-14H2,1-2H3. The first-order valence-electron chi connectivity index (χ1n) is 8.27. The zero-order valence-corrected chi connectivity index (χ0v) is 14.2. The molecule has 0 aromatic heterocycles. The summed E-state index contributed by atoms with van der Waals surface area (Å²) in [5, 5.41) is 10.5. The number of hydrogen-bond acceptors (Lipinski definition) is 3. The van der Waals surface area contributed by atoms with E-state index in [0.29, 0.717) is 25.8 Å². The lowest BCUT2D eigenvalue weighted by Crippen LogP contribution is -2.42. The van der Waals surface area contributed by atoms with E-state index in [2.05, 4.69) is 0 Å². The van der Waals surface area contributed by atoms with E-state index in [4.69, 9.17) is 4.74 Å². The Morgan fingerprint density at radius 3 is 2.71 bits per heavy atom. The van der Waals surface area contributed by atoms with E-state index >= 15 is 0 Å². The van der Waals surface area contributed by atoms with Gasteiger partial charge in [0.2, 0.25) is 5.91 Å². The number of benzene rings is 2. The molecule has 0 aliphatic carbocycles. The Kier molecular flexibility index (Phi) is 4.58. The topological polar surface area (TPSA) is 49.8 Å². The molecule has 0 radical (unpaired) electrons. The molecule has 1 atom stereocenters. The number of rotatable bonds is 4. The van der Waals surface area contributed by atoms with Crippen LogP contribution < -0.4 is 9.64 Å². The SMILES string of the molecule is COc1ccccc1CCC(=O)N1CCC(C)(O)c2ccccc21. The lowest BCUT2D eigenvalue weighted by Gasteiger charge is -2.38. The van der Waals surface area contributed by atoms with Gasteiger partial charge in [-0.2, -0.15) is 0 Å². The molecule has 0 saturated carbocycles. The Morgan fingerprint density at radius 2 is 1.92 bits per heavy atom. The molecule has 1 aliphatic heterocycles. The van der Waals surface area contributed by atoms with Crippen molar-refractivity contribution in [3.8, 4) is 5.75 Å². The van der Waals surface area contributed by atoms with Gasteiger partial charge in [0.1, 0.15) is 5.75 Å². The van der Waals surface area contributed by atoms with Crippen molar-refractivity contribution in [1.29, 1.82) is 0 Å². The Balaban J connectivity index is 1.76. The third kappa shape index (κ3) is 3.15. The van der Waals surface area contributed by atoms with E-state index in [1.54, 1.807) is 12.0 Å². The Morgan fingerprint density at radius 1 is 1.21 bits per heavy atom.